The molecule has 0 aliphatic rings. The lowest BCUT2D eigenvalue weighted by Gasteiger charge is -2.22. The van der Waals surface area contributed by atoms with E-state index in [2.05, 4.69) is 20.8 Å². The van der Waals surface area contributed by atoms with E-state index in [1.807, 2.05) is 6.92 Å². The number of esters is 1. The monoisotopic (exact) mass is 370 g/mol. The molecular weight excluding hydrogens is 328 g/mol. The Balaban J connectivity index is 4.02. The highest BCUT2D eigenvalue weighted by Crippen LogP contribution is 2.19. The first kappa shape index (κ1) is 24.9. The summed E-state index contributed by atoms with van der Waals surface area (Å²) in [4.78, 5) is 23.3. The largest absolute Gasteiger partial charge is 0.481 e. The highest BCUT2D eigenvalue weighted by molar-refractivity contribution is 5.73. The molecule has 0 rings (SSSR count). The minimum atomic E-state index is -0.806. The Labute approximate surface area is 161 Å². The number of carbonyl (C=O) groups is 2. The summed E-state index contributed by atoms with van der Waals surface area (Å²) in [6.07, 6.45) is 13.1. The van der Waals surface area contributed by atoms with Gasteiger partial charge in [-0.15, -0.1) is 0 Å². The molecule has 0 fully saturated rings. The molecule has 0 saturated heterocycles. The number of aliphatic carboxylic acids is 1. The van der Waals surface area contributed by atoms with E-state index in [1.54, 1.807) is 0 Å². The zero-order chi connectivity index (χ0) is 19.8. The van der Waals surface area contributed by atoms with Gasteiger partial charge in [0.05, 0.1) is 5.92 Å². The lowest BCUT2D eigenvalue weighted by molar-refractivity contribution is -0.152. The molecule has 0 aromatic rings. The molecule has 4 nitrogen and oxygen atoms in total. The molecular formula is C22H42O4. The normalized spacial score (nSPS) is 13.6. The fraction of sp³-hybridized carbons (Fsp3) is 0.909. The van der Waals surface area contributed by atoms with Gasteiger partial charge in [-0.1, -0.05) is 79.1 Å². The van der Waals surface area contributed by atoms with Crippen LogP contribution in [-0.4, -0.2) is 23.1 Å². The number of hydrogen-bond acceptors (Lipinski definition) is 3. The van der Waals surface area contributed by atoms with Gasteiger partial charge in [0.2, 0.25) is 0 Å². The first-order valence-corrected chi connectivity index (χ1v) is 10.8. The van der Waals surface area contributed by atoms with Gasteiger partial charge in [-0.3, -0.25) is 9.59 Å². The van der Waals surface area contributed by atoms with Gasteiger partial charge in [0, 0.05) is 6.42 Å². The van der Waals surface area contributed by atoms with Crippen molar-refractivity contribution in [3.63, 3.8) is 0 Å². The molecule has 0 aliphatic heterocycles. The predicted molar refractivity (Wildman–Crippen MR) is 107 cm³/mol. The third-order valence-electron chi connectivity index (χ3n) is 5.05. The van der Waals surface area contributed by atoms with Crippen molar-refractivity contribution in [2.45, 2.75) is 117 Å². The Kier molecular flexibility index (Phi) is 15.5. The summed E-state index contributed by atoms with van der Waals surface area (Å²) in [5.41, 5.74) is 0. The van der Waals surface area contributed by atoms with E-state index < -0.39 is 11.9 Å². The van der Waals surface area contributed by atoms with E-state index in [1.165, 1.54) is 44.9 Å². The minimum absolute atomic E-state index is 0.0444. The second-order valence-corrected chi connectivity index (χ2v) is 7.90. The van der Waals surface area contributed by atoms with E-state index in [0.29, 0.717) is 18.8 Å². The van der Waals surface area contributed by atoms with Gasteiger partial charge in [0.25, 0.3) is 0 Å². The number of carbonyl (C=O) groups excluding carboxylic acids is 1. The van der Waals surface area contributed by atoms with Crippen molar-refractivity contribution in [1.82, 2.24) is 0 Å². The van der Waals surface area contributed by atoms with Crippen molar-refractivity contribution in [2.24, 2.45) is 11.8 Å². The molecule has 1 N–H and O–H groups in total. The second-order valence-electron chi connectivity index (χ2n) is 7.90. The summed E-state index contributed by atoms with van der Waals surface area (Å²) in [6.45, 7) is 8.37. The molecule has 0 radical (unpaired) electrons. The molecule has 0 aromatic carbocycles. The fourth-order valence-corrected chi connectivity index (χ4v) is 3.27. The van der Waals surface area contributed by atoms with Gasteiger partial charge in [-0.05, 0) is 31.6 Å². The fourth-order valence-electron chi connectivity index (χ4n) is 3.27. The van der Waals surface area contributed by atoms with Gasteiger partial charge in [0.15, 0.2) is 0 Å². The number of carboxylic acid groups (broad SMARTS) is 1. The molecule has 4 heteroatoms. The summed E-state index contributed by atoms with van der Waals surface area (Å²) in [5.74, 6) is -1.18. The smallest absolute Gasteiger partial charge is 0.306 e. The lowest BCUT2D eigenvalue weighted by atomic mass is 9.97. The summed E-state index contributed by atoms with van der Waals surface area (Å²) in [6, 6.07) is 0. The maximum absolute atomic E-state index is 12.1. The molecule has 0 aliphatic carbocycles. The number of unbranched alkanes of at least 4 members (excludes halogenated alkanes) is 7. The Bertz CT molecular complexity index is 365. The summed E-state index contributed by atoms with van der Waals surface area (Å²) in [7, 11) is 0. The average Bonchev–Trinajstić information content (AvgIpc) is 2.59. The van der Waals surface area contributed by atoms with Crippen molar-refractivity contribution in [3.05, 3.63) is 0 Å². The Morgan fingerprint density at radius 1 is 0.808 bits per heavy atom. The van der Waals surface area contributed by atoms with Gasteiger partial charge in [0.1, 0.15) is 6.10 Å². The molecule has 2 unspecified atom stereocenters. The van der Waals surface area contributed by atoms with Crippen molar-refractivity contribution >= 4 is 11.9 Å². The highest BCUT2D eigenvalue weighted by Gasteiger charge is 2.21. The highest BCUT2D eigenvalue weighted by atomic mass is 16.5. The zero-order valence-electron chi connectivity index (χ0n) is 17.6. The Morgan fingerprint density at radius 3 is 1.88 bits per heavy atom. The second kappa shape index (κ2) is 16.1. The molecule has 0 bridgehead atoms. The van der Waals surface area contributed by atoms with E-state index in [9.17, 15) is 9.59 Å². The maximum atomic E-state index is 12.1. The standard InChI is InChI=1S/C22H42O4/c1-5-7-8-9-10-11-12-13-15-20(18(3)4)26-21(23)17-16-19(14-6-2)22(24)25/h18-20H,5-17H2,1-4H3,(H,24,25). The van der Waals surface area contributed by atoms with Crippen LogP contribution in [-0.2, 0) is 14.3 Å². The van der Waals surface area contributed by atoms with Crippen LogP contribution < -0.4 is 0 Å². The summed E-state index contributed by atoms with van der Waals surface area (Å²) >= 11 is 0. The third-order valence-corrected chi connectivity index (χ3v) is 5.05. The van der Waals surface area contributed by atoms with E-state index in [-0.39, 0.29) is 18.5 Å². The van der Waals surface area contributed by atoms with Gasteiger partial charge >= 0.3 is 11.9 Å². The van der Waals surface area contributed by atoms with Crippen LogP contribution in [0, 0.1) is 11.8 Å². The average molecular weight is 371 g/mol. The molecule has 154 valence electrons. The van der Waals surface area contributed by atoms with E-state index >= 15 is 0 Å². The van der Waals surface area contributed by atoms with Crippen LogP contribution in [0.4, 0.5) is 0 Å². The number of carboxylic acids is 1. The number of ether oxygens (including phenoxy) is 1. The molecule has 26 heavy (non-hydrogen) atoms. The van der Waals surface area contributed by atoms with Gasteiger partial charge in [-0.25, -0.2) is 0 Å². The molecule has 0 heterocycles. The van der Waals surface area contributed by atoms with Crippen LogP contribution in [0.15, 0.2) is 0 Å². The van der Waals surface area contributed by atoms with Crippen LogP contribution in [0.5, 0.6) is 0 Å². The molecule has 0 aromatic heterocycles. The summed E-state index contributed by atoms with van der Waals surface area (Å²) in [5, 5.41) is 9.17. The first-order valence-electron chi connectivity index (χ1n) is 10.8. The Morgan fingerprint density at radius 2 is 1.38 bits per heavy atom. The molecule has 0 amide bonds. The topological polar surface area (TPSA) is 63.6 Å². The lowest BCUT2D eigenvalue weighted by Crippen LogP contribution is -2.24. The number of rotatable bonds is 17. The van der Waals surface area contributed by atoms with Crippen molar-refractivity contribution in [3.8, 4) is 0 Å². The van der Waals surface area contributed by atoms with Gasteiger partial charge < -0.3 is 9.84 Å². The van der Waals surface area contributed by atoms with Crippen LogP contribution in [0.1, 0.15) is 111 Å². The predicted octanol–water partition coefficient (Wildman–Crippen LogP) is 6.37. The zero-order valence-corrected chi connectivity index (χ0v) is 17.6. The van der Waals surface area contributed by atoms with Crippen molar-refractivity contribution in [1.29, 1.82) is 0 Å². The number of hydrogen-bond donors (Lipinski definition) is 1. The Hall–Kier alpha value is -1.06. The SMILES string of the molecule is CCCCCCCCCCC(OC(=O)CCC(CCC)C(=O)O)C(C)C. The maximum Gasteiger partial charge on any atom is 0.306 e. The van der Waals surface area contributed by atoms with Crippen LogP contribution in [0.25, 0.3) is 0 Å². The van der Waals surface area contributed by atoms with E-state index in [0.717, 1.165) is 19.3 Å². The van der Waals surface area contributed by atoms with Crippen molar-refractivity contribution in [2.75, 3.05) is 0 Å². The van der Waals surface area contributed by atoms with Gasteiger partial charge in [-0.2, -0.15) is 0 Å². The van der Waals surface area contributed by atoms with Crippen LogP contribution >= 0.6 is 0 Å². The summed E-state index contributed by atoms with van der Waals surface area (Å²) < 4.78 is 5.65. The van der Waals surface area contributed by atoms with E-state index in [4.69, 9.17) is 9.84 Å². The molecule has 2 atom stereocenters. The van der Waals surface area contributed by atoms with Crippen LogP contribution in [0.2, 0.25) is 0 Å². The first-order chi connectivity index (χ1) is 12.4. The molecule has 0 spiro atoms. The van der Waals surface area contributed by atoms with Crippen molar-refractivity contribution < 1.29 is 19.4 Å². The quantitative estimate of drug-likeness (QED) is 0.239. The molecule has 0 saturated carbocycles. The minimum Gasteiger partial charge on any atom is -0.481 e. The van der Waals surface area contributed by atoms with Crippen LogP contribution in [0.3, 0.4) is 0 Å². The third kappa shape index (κ3) is 13.2.